The molecule has 3 rings (SSSR count). The molecule has 0 radical (unpaired) electrons. The minimum atomic E-state index is 0.345. The highest BCUT2D eigenvalue weighted by molar-refractivity contribution is 5.52. The number of fused-ring (bicyclic) bond motifs is 4. The predicted molar refractivity (Wildman–Crippen MR) is 69.2 cm³/mol. The number of rotatable bonds is 0. The van der Waals surface area contributed by atoms with E-state index in [2.05, 4.69) is 33.8 Å². The molecule has 0 heteroatoms. The summed E-state index contributed by atoms with van der Waals surface area (Å²) in [5.41, 5.74) is 5.47. The SMILES string of the molecule is CC1=C2C(C=C1C(C)(C)C)C1CCCCC21. The van der Waals surface area contributed by atoms with Crippen LogP contribution in [0.4, 0.5) is 0 Å². The molecule has 0 spiro atoms. The van der Waals surface area contributed by atoms with Gasteiger partial charge in [0.2, 0.25) is 0 Å². The summed E-state index contributed by atoms with van der Waals surface area (Å²) in [6.45, 7) is 9.45. The van der Waals surface area contributed by atoms with Crippen LogP contribution in [0.25, 0.3) is 0 Å². The predicted octanol–water partition coefficient (Wildman–Crippen LogP) is 4.73. The van der Waals surface area contributed by atoms with Gasteiger partial charge < -0.3 is 0 Å². The summed E-state index contributed by atoms with van der Waals surface area (Å²) in [5, 5.41) is 0. The molecule has 0 bridgehead atoms. The lowest BCUT2D eigenvalue weighted by Gasteiger charge is -2.48. The maximum Gasteiger partial charge on any atom is 0.00256 e. The fraction of sp³-hybridized carbons (Fsp3) is 0.750. The van der Waals surface area contributed by atoms with Crippen molar-refractivity contribution in [3.8, 4) is 0 Å². The molecule has 0 heterocycles. The molecule has 88 valence electrons. The van der Waals surface area contributed by atoms with E-state index in [4.69, 9.17) is 0 Å². The molecule has 2 fully saturated rings. The van der Waals surface area contributed by atoms with Crippen LogP contribution in [-0.4, -0.2) is 0 Å². The van der Waals surface area contributed by atoms with E-state index in [1.54, 1.807) is 11.1 Å². The van der Waals surface area contributed by atoms with Gasteiger partial charge in [-0.25, -0.2) is 0 Å². The number of hydrogen-bond donors (Lipinski definition) is 0. The monoisotopic (exact) mass is 216 g/mol. The fourth-order valence-corrected chi connectivity index (χ4v) is 4.35. The Morgan fingerprint density at radius 1 is 1.12 bits per heavy atom. The van der Waals surface area contributed by atoms with Gasteiger partial charge in [-0.1, -0.05) is 45.3 Å². The summed E-state index contributed by atoms with van der Waals surface area (Å²) in [5.74, 6) is 2.83. The zero-order valence-electron chi connectivity index (χ0n) is 11.1. The first-order valence-electron chi connectivity index (χ1n) is 6.93. The van der Waals surface area contributed by atoms with Gasteiger partial charge in [0.05, 0.1) is 0 Å². The van der Waals surface area contributed by atoms with E-state index in [1.807, 2.05) is 5.57 Å². The van der Waals surface area contributed by atoms with Gasteiger partial charge in [0.15, 0.2) is 0 Å². The van der Waals surface area contributed by atoms with Crippen LogP contribution >= 0.6 is 0 Å². The molecule has 16 heavy (non-hydrogen) atoms. The third-order valence-corrected chi connectivity index (χ3v) is 5.03. The third-order valence-electron chi connectivity index (χ3n) is 5.03. The van der Waals surface area contributed by atoms with Crippen molar-refractivity contribution in [3.63, 3.8) is 0 Å². The Labute approximate surface area is 99.8 Å². The van der Waals surface area contributed by atoms with Gasteiger partial charge >= 0.3 is 0 Å². The van der Waals surface area contributed by atoms with Gasteiger partial charge in [-0.15, -0.1) is 0 Å². The summed E-state index contributed by atoms with van der Waals surface area (Å²) < 4.78 is 0. The second-order valence-corrected chi connectivity index (χ2v) is 6.99. The molecule has 3 unspecified atom stereocenters. The molecule has 0 saturated heterocycles. The van der Waals surface area contributed by atoms with Crippen LogP contribution < -0.4 is 0 Å². The second-order valence-electron chi connectivity index (χ2n) is 6.99. The maximum atomic E-state index is 2.61. The van der Waals surface area contributed by atoms with Crippen molar-refractivity contribution in [2.75, 3.05) is 0 Å². The van der Waals surface area contributed by atoms with Gasteiger partial charge in [-0.2, -0.15) is 0 Å². The topological polar surface area (TPSA) is 0 Å². The molecular formula is C16H24. The van der Waals surface area contributed by atoms with E-state index in [9.17, 15) is 0 Å². The lowest BCUT2D eigenvalue weighted by Crippen LogP contribution is -2.39. The van der Waals surface area contributed by atoms with Gasteiger partial charge in [-0.3, -0.25) is 0 Å². The molecule has 0 amide bonds. The van der Waals surface area contributed by atoms with Crippen LogP contribution in [0.3, 0.4) is 0 Å². The number of hydrogen-bond acceptors (Lipinski definition) is 0. The lowest BCUT2D eigenvalue weighted by molar-refractivity contribution is 0.145. The largest absolute Gasteiger partial charge is 0.0730 e. The highest BCUT2D eigenvalue weighted by atomic mass is 14.5. The summed E-state index contributed by atoms with van der Waals surface area (Å²) in [6.07, 6.45) is 8.51. The fourth-order valence-electron chi connectivity index (χ4n) is 4.35. The molecule has 2 saturated carbocycles. The Kier molecular flexibility index (Phi) is 2.15. The maximum absolute atomic E-state index is 2.61. The van der Waals surface area contributed by atoms with E-state index >= 15 is 0 Å². The average Bonchev–Trinajstić information content (AvgIpc) is 2.46. The Morgan fingerprint density at radius 2 is 1.81 bits per heavy atom. The van der Waals surface area contributed by atoms with Gasteiger partial charge in [0.1, 0.15) is 0 Å². The summed E-state index contributed by atoms with van der Waals surface area (Å²) in [4.78, 5) is 0. The van der Waals surface area contributed by atoms with E-state index < -0.39 is 0 Å². The van der Waals surface area contributed by atoms with E-state index in [1.165, 1.54) is 25.7 Å². The smallest absolute Gasteiger partial charge is 0.00256 e. The zero-order chi connectivity index (χ0) is 11.5. The van der Waals surface area contributed by atoms with Gasteiger partial charge in [-0.05, 0) is 48.2 Å². The van der Waals surface area contributed by atoms with Crippen molar-refractivity contribution < 1.29 is 0 Å². The quantitative estimate of drug-likeness (QED) is 0.549. The normalized spacial score (nSPS) is 37.8. The average molecular weight is 216 g/mol. The Hall–Kier alpha value is -0.520. The molecular weight excluding hydrogens is 192 g/mol. The minimum absolute atomic E-state index is 0.345. The van der Waals surface area contributed by atoms with Crippen molar-refractivity contribution in [3.05, 3.63) is 22.8 Å². The minimum Gasteiger partial charge on any atom is -0.0730 e. The highest BCUT2D eigenvalue weighted by Crippen LogP contribution is 2.60. The molecule has 0 aromatic heterocycles. The van der Waals surface area contributed by atoms with Crippen molar-refractivity contribution in [2.45, 2.75) is 53.4 Å². The molecule has 0 aliphatic heterocycles. The highest BCUT2D eigenvalue weighted by Gasteiger charge is 2.49. The standard InChI is InChI=1S/C16H24/c1-10-14(16(2,3)4)9-13-11-7-5-6-8-12(11)15(10)13/h9,11-13H,5-8H2,1-4H3. The second kappa shape index (κ2) is 3.24. The van der Waals surface area contributed by atoms with Crippen LogP contribution in [0.1, 0.15) is 53.4 Å². The van der Waals surface area contributed by atoms with Gasteiger partial charge in [0, 0.05) is 5.92 Å². The van der Waals surface area contributed by atoms with Crippen LogP contribution in [0, 0.1) is 23.2 Å². The molecule has 0 aromatic rings. The van der Waals surface area contributed by atoms with Crippen molar-refractivity contribution in [1.82, 2.24) is 0 Å². The molecule has 0 nitrogen and oxygen atoms in total. The molecule has 3 aliphatic rings. The van der Waals surface area contributed by atoms with Gasteiger partial charge in [0.25, 0.3) is 0 Å². The van der Waals surface area contributed by atoms with Crippen LogP contribution in [0.2, 0.25) is 0 Å². The van der Waals surface area contributed by atoms with E-state index in [0.29, 0.717) is 5.41 Å². The first kappa shape index (κ1) is 10.6. The first-order chi connectivity index (χ1) is 7.50. The zero-order valence-corrected chi connectivity index (χ0v) is 11.1. The third kappa shape index (κ3) is 1.28. The van der Waals surface area contributed by atoms with E-state index in [0.717, 1.165) is 17.8 Å². The first-order valence-corrected chi connectivity index (χ1v) is 6.93. The van der Waals surface area contributed by atoms with Crippen LogP contribution in [-0.2, 0) is 0 Å². The Morgan fingerprint density at radius 3 is 2.50 bits per heavy atom. The molecule has 0 N–H and O–H groups in total. The summed E-state index contributed by atoms with van der Waals surface area (Å²) in [7, 11) is 0. The van der Waals surface area contributed by atoms with Crippen LogP contribution in [0.15, 0.2) is 22.8 Å². The van der Waals surface area contributed by atoms with Crippen molar-refractivity contribution in [2.24, 2.45) is 23.2 Å². The van der Waals surface area contributed by atoms with Crippen molar-refractivity contribution in [1.29, 1.82) is 0 Å². The molecule has 3 aliphatic carbocycles. The van der Waals surface area contributed by atoms with Crippen molar-refractivity contribution >= 4 is 0 Å². The number of allylic oxidation sites excluding steroid dienone is 4. The molecule has 0 aromatic carbocycles. The lowest BCUT2D eigenvalue weighted by atomic mass is 9.56. The Balaban J connectivity index is 1.95. The summed E-state index contributed by atoms with van der Waals surface area (Å²) in [6, 6.07) is 0. The molecule has 3 atom stereocenters. The van der Waals surface area contributed by atoms with E-state index in [-0.39, 0.29) is 0 Å². The summed E-state index contributed by atoms with van der Waals surface area (Å²) >= 11 is 0. The van der Waals surface area contributed by atoms with Crippen LogP contribution in [0.5, 0.6) is 0 Å². The Bertz CT molecular complexity index is 375.